The lowest BCUT2D eigenvalue weighted by Crippen LogP contribution is -2.48. The van der Waals surface area contributed by atoms with Gasteiger partial charge in [0.2, 0.25) is 10.0 Å². The van der Waals surface area contributed by atoms with E-state index in [0.717, 1.165) is 17.0 Å². The van der Waals surface area contributed by atoms with Gasteiger partial charge < -0.3 is 10.6 Å². The fraction of sp³-hybridized carbons (Fsp3) is 0.267. The van der Waals surface area contributed by atoms with Crippen LogP contribution in [0, 0.1) is 0 Å². The van der Waals surface area contributed by atoms with Crippen LogP contribution in [-0.4, -0.2) is 44.8 Å². The van der Waals surface area contributed by atoms with Crippen molar-refractivity contribution < 1.29 is 13.2 Å². The Balaban J connectivity index is 1.71. The molecule has 128 valence electrons. The number of thiophene rings is 1. The summed E-state index contributed by atoms with van der Waals surface area (Å²) < 4.78 is 26.7. The number of hydrogen-bond donors (Lipinski definition) is 1. The fourth-order valence-electron chi connectivity index (χ4n) is 2.57. The summed E-state index contributed by atoms with van der Waals surface area (Å²) in [5.74, 6) is -0.617. The van der Waals surface area contributed by atoms with Crippen LogP contribution in [0.25, 0.3) is 0 Å². The predicted molar refractivity (Wildman–Crippen MR) is 95.3 cm³/mol. The third kappa shape index (κ3) is 3.41. The molecule has 1 amide bonds. The van der Waals surface area contributed by atoms with Crippen molar-refractivity contribution in [2.75, 3.05) is 31.1 Å². The van der Waals surface area contributed by atoms with Gasteiger partial charge in [-0.25, -0.2) is 8.42 Å². The lowest BCUT2D eigenvalue weighted by Gasteiger charge is -2.35. The minimum Gasteiger partial charge on any atom is -0.369 e. The van der Waals surface area contributed by atoms with Crippen LogP contribution in [0.5, 0.6) is 0 Å². The number of nitrogens with two attached hydrogens (primary N) is 1. The zero-order valence-corrected chi connectivity index (χ0v) is 15.1. The van der Waals surface area contributed by atoms with E-state index >= 15 is 0 Å². The van der Waals surface area contributed by atoms with Crippen molar-refractivity contribution in [3.8, 4) is 0 Å². The number of sulfonamides is 1. The van der Waals surface area contributed by atoms with Gasteiger partial charge in [0.1, 0.15) is 0 Å². The van der Waals surface area contributed by atoms with Crippen molar-refractivity contribution in [3.05, 3.63) is 45.6 Å². The molecule has 0 unspecified atom stereocenters. The van der Waals surface area contributed by atoms with Crippen LogP contribution in [0.4, 0.5) is 5.69 Å². The van der Waals surface area contributed by atoms with Gasteiger partial charge in [-0.05, 0) is 30.3 Å². The summed E-state index contributed by atoms with van der Waals surface area (Å²) >= 11 is 6.93. The van der Waals surface area contributed by atoms with Crippen LogP contribution in [0.15, 0.2) is 40.6 Å². The number of carbonyl (C=O) groups is 1. The zero-order chi connectivity index (χ0) is 17.3. The minimum atomic E-state index is -3.60. The smallest absolute Gasteiger partial charge is 0.258 e. The van der Waals surface area contributed by atoms with Crippen LogP contribution < -0.4 is 10.6 Å². The van der Waals surface area contributed by atoms with E-state index in [4.69, 9.17) is 17.3 Å². The standard InChI is InChI=1S/C15H16ClN3O3S2/c16-11-1-3-12(4-2-11)18-5-7-19(8-6-18)24(21,22)13-9-14(15(17)20)23-10-13/h1-4,9-10H,5-8H2,(H2,17,20). The van der Waals surface area contributed by atoms with E-state index in [0.29, 0.717) is 31.2 Å². The number of carbonyl (C=O) groups excluding carboxylic acids is 1. The predicted octanol–water partition coefficient (Wildman–Crippen LogP) is 2.01. The summed E-state index contributed by atoms with van der Waals surface area (Å²) in [5.41, 5.74) is 6.21. The molecule has 2 aromatic rings. The number of anilines is 1. The highest BCUT2D eigenvalue weighted by molar-refractivity contribution is 7.89. The quantitative estimate of drug-likeness (QED) is 0.872. The van der Waals surface area contributed by atoms with E-state index in [2.05, 4.69) is 4.90 Å². The zero-order valence-electron chi connectivity index (χ0n) is 12.7. The van der Waals surface area contributed by atoms with Crippen LogP contribution in [0.2, 0.25) is 5.02 Å². The Morgan fingerprint density at radius 3 is 2.29 bits per heavy atom. The first-order valence-electron chi connectivity index (χ1n) is 7.27. The number of piperazine rings is 1. The summed E-state index contributed by atoms with van der Waals surface area (Å²) in [4.78, 5) is 13.6. The van der Waals surface area contributed by atoms with Crippen molar-refractivity contribution in [2.24, 2.45) is 5.73 Å². The molecule has 0 atom stereocenters. The van der Waals surface area contributed by atoms with E-state index in [9.17, 15) is 13.2 Å². The Bertz CT molecular complexity index is 841. The Morgan fingerprint density at radius 2 is 1.75 bits per heavy atom. The maximum absolute atomic E-state index is 12.7. The summed E-state index contributed by atoms with van der Waals surface area (Å²) in [6.07, 6.45) is 0. The maximum atomic E-state index is 12.7. The Morgan fingerprint density at radius 1 is 1.12 bits per heavy atom. The van der Waals surface area contributed by atoms with Gasteiger partial charge >= 0.3 is 0 Å². The summed E-state index contributed by atoms with van der Waals surface area (Å²) in [6.45, 7) is 1.95. The number of rotatable bonds is 4. The number of halogens is 1. The lowest BCUT2D eigenvalue weighted by atomic mass is 10.2. The molecule has 1 aromatic carbocycles. The molecule has 1 aliphatic heterocycles. The van der Waals surface area contributed by atoms with Gasteiger partial charge in [-0.1, -0.05) is 11.6 Å². The van der Waals surface area contributed by atoms with E-state index in [1.807, 2.05) is 24.3 Å². The van der Waals surface area contributed by atoms with Gasteiger partial charge in [-0.15, -0.1) is 11.3 Å². The molecule has 9 heteroatoms. The first-order valence-corrected chi connectivity index (χ1v) is 9.97. The number of hydrogen-bond acceptors (Lipinski definition) is 5. The van der Waals surface area contributed by atoms with Crippen molar-refractivity contribution in [2.45, 2.75) is 4.90 Å². The molecule has 1 saturated heterocycles. The second-order valence-corrected chi connectivity index (χ2v) is 8.66. The molecule has 1 aromatic heterocycles. The lowest BCUT2D eigenvalue weighted by molar-refractivity contribution is 0.100. The highest BCUT2D eigenvalue weighted by Gasteiger charge is 2.29. The molecule has 6 nitrogen and oxygen atoms in total. The normalized spacial score (nSPS) is 16.3. The van der Waals surface area contributed by atoms with Gasteiger partial charge in [0.15, 0.2) is 0 Å². The molecule has 0 spiro atoms. The third-order valence-electron chi connectivity index (χ3n) is 3.89. The van der Waals surface area contributed by atoms with E-state index in [1.165, 1.54) is 15.8 Å². The van der Waals surface area contributed by atoms with Crippen molar-refractivity contribution in [3.63, 3.8) is 0 Å². The van der Waals surface area contributed by atoms with Crippen molar-refractivity contribution in [1.29, 1.82) is 0 Å². The maximum Gasteiger partial charge on any atom is 0.258 e. The molecule has 0 aliphatic carbocycles. The third-order valence-corrected chi connectivity index (χ3v) is 7.11. The second-order valence-electron chi connectivity index (χ2n) is 5.38. The highest BCUT2D eigenvalue weighted by atomic mass is 35.5. The molecular weight excluding hydrogens is 370 g/mol. The molecule has 1 aliphatic rings. The average Bonchev–Trinajstić information content (AvgIpc) is 3.07. The molecular formula is C15H16ClN3O3S2. The molecule has 24 heavy (non-hydrogen) atoms. The molecule has 1 fully saturated rings. The topological polar surface area (TPSA) is 83.7 Å². The molecule has 0 saturated carbocycles. The average molecular weight is 386 g/mol. The highest BCUT2D eigenvalue weighted by Crippen LogP contribution is 2.25. The van der Waals surface area contributed by atoms with Crippen LogP contribution in [0.1, 0.15) is 9.67 Å². The first kappa shape index (κ1) is 17.2. The van der Waals surface area contributed by atoms with Crippen LogP contribution in [-0.2, 0) is 10.0 Å². The van der Waals surface area contributed by atoms with Crippen molar-refractivity contribution >= 4 is 44.6 Å². The van der Waals surface area contributed by atoms with Gasteiger partial charge in [0.25, 0.3) is 5.91 Å². The molecule has 3 rings (SSSR count). The van der Waals surface area contributed by atoms with Gasteiger partial charge in [0.05, 0.1) is 9.77 Å². The largest absolute Gasteiger partial charge is 0.369 e. The monoisotopic (exact) mass is 385 g/mol. The van der Waals surface area contributed by atoms with Crippen LogP contribution >= 0.6 is 22.9 Å². The second kappa shape index (κ2) is 6.72. The Hall–Kier alpha value is -1.61. The fourth-order valence-corrected chi connectivity index (χ4v) is 5.23. The molecule has 0 radical (unpaired) electrons. The Labute approximate surface area is 149 Å². The van der Waals surface area contributed by atoms with Crippen LogP contribution in [0.3, 0.4) is 0 Å². The summed E-state index contributed by atoms with van der Waals surface area (Å²) in [5, 5.41) is 2.13. The molecule has 2 heterocycles. The number of benzene rings is 1. The Kier molecular flexibility index (Phi) is 4.82. The van der Waals surface area contributed by atoms with E-state index in [1.54, 1.807) is 0 Å². The number of primary amides is 1. The van der Waals surface area contributed by atoms with Gasteiger partial charge in [0, 0.05) is 42.3 Å². The van der Waals surface area contributed by atoms with Gasteiger partial charge in [-0.3, -0.25) is 4.79 Å². The SMILES string of the molecule is NC(=O)c1cc(S(=O)(=O)N2CCN(c3ccc(Cl)cc3)CC2)cs1. The summed E-state index contributed by atoms with van der Waals surface area (Å²) in [6, 6.07) is 8.82. The summed E-state index contributed by atoms with van der Waals surface area (Å²) in [7, 11) is -3.60. The first-order chi connectivity index (χ1) is 11.4. The van der Waals surface area contributed by atoms with E-state index in [-0.39, 0.29) is 9.77 Å². The molecule has 0 bridgehead atoms. The van der Waals surface area contributed by atoms with Gasteiger partial charge in [-0.2, -0.15) is 4.31 Å². The van der Waals surface area contributed by atoms with E-state index < -0.39 is 15.9 Å². The minimum absolute atomic E-state index is 0.126. The molecule has 2 N–H and O–H groups in total. The number of amides is 1. The van der Waals surface area contributed by atoms with Crippen molar-refractivity contribution in [1.82, 2.24) is 4.31 Å². The number of nitrogens with zero attached hydrogens (tertiary/aromatic N) is 2.